The summed E-state index contributed by atoms with van der Waals surface area (Å²) in [7, 11) is 0. The maximum atomic E-state index is 13.2. The predicted molar refractivity (Wildman–Crippen MR) is 48.4 cm³/mol. The number of rotatable bonds is 3. The molecule has 0 radical (unpaired) electrons. The standard InChI is InChI=1S/C10H10F2O3/c1-5(9(13)10(14)15)7-3-2-6(11)4-8(7)12/h2-5,9,13H,1H3,(H,14,15). The van der Waals surface area contributed by atoms with Gasteiger partial charge in [-0.25, -0.2) is 13.6 Å². The molecule has 0 aliphatic carbocycles. The van der Waals surface area contributed by atoms with Gasteiger partial charge in [0, 0.05) is 12.0 Å². The number of hydrogen-bond donors (Lipinski definition) is 2. The molecule has 3 nitrogen and oxygen atoms in total. The van der Waals surface area contributed by atoms with Crippen LogP contribution in [0.1, 0.15) is 18.4 Å². The summed E-state index contributed by atoms with van der Waals surface area (Å²) in [4.78, 5) is 10.4. The first-order chi connectivity index (χ1) is 6.93. The molecule has 0 heterocycles. The Labute approximate surface area is 85.0 Å². The molecule has 2 unspecified atom stereocenters. The van der Waals surface area contributed by atoms with E-state index in [4.69, 9.17) is 5.11 Å². The largest absolute Gasteiger partial charge is 0.479 e. The van der Waals surface area contributed by atoms with Crippen molar-refractivity contribution in [3.8, 4) is 0 Å². The van der Waals surface area contributed by atoms with Gasteiger partial charge in [-0.1, -0.05) is 13.0 Å². The highest BCUT2D eigenvalue weighted by Gasteiger charge is 2.25. The molecule has 0 bridgehead atoms. The lowest BCUT2D eigenvalue weighted by Gasteiger charge is -2.15. The average molecular weight is 216 g/mol. The molecule has 0 fully saturated rings. The fraction of sp³-hybridized carbons (Fsp3) is 0.300. The van der Waals surface area contributed by atoms with Crippen LogP contribution in [-0.4, -0.2) is 22.3 Å². The third-order valence-corrected chi connectivity index (χ3v) is 2.18. The zero-order valence-corrected chi connectivity index (χ0v) is 7.95. The summed E-state index contributed by atoms with van der Waals surface area (Å²) in [6.45, 7) is 1.36. The molecule has 0 amide bonds. The molecule has 0 aliphatic heterocycles. The molecule has 2 N–H and O–H groups in total. The molecule has 1 aromatic rings. The van der Waals surface area contributed by atoms with Crippen molar-refractivity contribution in [3.63, 3.8) is 0 Å². The number of aliphatic carboxylic acids is 1. The molecule has 0 saturated carbocycles. The van der Waals surface area contributed by atoms with Gasteiger partial charge in [0.05, 0.1) is 0 Å². The maximum Gasteiger partial charge on any atom is 0.333 e. The Bertz CT molecular complexity index is 379. The molecule has 0 saturated heterocycles. The quantitative estimate of drug-likeness (QED) is 0.805. The lowest BCUT2D eigenvalue weighted by Crippen LogP contribution is -2.26. The third-order valence-electron chi connectivity index (χ3n) is 2.18. The fourth-order valence-electron chi connectivity index (χ4n) is 1.25. The van der Waals surface area contributed by atoms with Crippen molar-refractivity contribution in [2.24, 2.45) is 0 Å². The van der Waals surface area contributed by atoms with Crippen LogP contribution in [0.2, 0.25) is 0 Å². The van der Waals surface area contributed by atoms with E-state index < -0.39 is 29.6 Å². The first kappa shape index (κ1) is 11.6. The second-order valence-corrected chi connectivity index (χ2v) is 3.24. The third kappa shape index (κ3) is 2.50. The number of hydrogen-bond acceptors (Lipinski definition) is 2. The van der Waals surface area contributed by atoms with Gasteiger partial charge in [0.15, 0.2) is 6.10 Å². The van der Waals surface area contributed by atoms with Crippen LogP contribution in [-0.2, 0) is 4.79 Å². The predicted octanol–water partition coefficient (Wildman–Crippen LogP) is 1.51. The van der Waals surface area contributed by atoms with E-state index in [0.29, 0.717) is 6.07 Å². The second-order valence-electron chi connectivity index (χ2n) is 3.24. The van der Waals surface area contributed by atoms with E-state index in [-0.39, 0.29) is 5.56 Å². The van der Waals surface area contributed by atoms with Crippen LogP contribution in [0, 0.1) is 11.6 Å². The van der Waals surface area contributed by atoms with Gasteiger partial charge in [-0.05, 0) is 11.6 Å². The summed E-state index contributed by atoms with van der Waals surface area (Å²) in [5.41, 5.74) is -0.0219. The SMILES string of the molecule is CC(c1ccc(F)cc1F)C(O)C(=O)O. The van der Waals surface area contributed by atoms with Gasteiger partial charge >= 0.3 is 5.97 Å². The van der Waals surface area contributed by atoms with Crippen molar-refractivity contribution >= 4 is 5.97 Å². The highest BCUT2D eigenvalue weighted by molar-refractivity contribution is 5.73. The number of carboxylic acids is 1. The van der Waals surface area contributed by atoms with Crippen molar-refractivity contribution in [1.29, 1.82) is 0 Å². The highest BCUT2D eigenvalue weighted by atomic mass is 19.1. The van der Waals surface area contributed by atoms with Crippen LogP contribution in [0.5, 0.6) is 0 Å². The summed E-state index contributed by atoms with van der Waals surface area (Å²) in [6, 6.07) is 2.80. The van der Waals surface area contributed by atoms with Gasteiger partial charge in [0.2, 0.25) is 0 Å². The van der Waals surface area contributed by atoms with Crippen LogP contribution in [0.4, 0.5) is 8.78 Å². The van der Waals surface area contributed by atoms with E-state index in [2.05, 4.69) is 0 Å². The molecular weight excluding hydrogens is 206 g/mol. The minimum atomic E-state index is -1.70. The molecule has 1 aromatic carbocycles. The fourth-order valence-corrected chi connectivity index (χ4v) is 1.25. The maximum absolute atomic E-state index is 13.2. The smallest absolute Gasteiger partial charge is 0.333 e. The number of benzene rings is 1. The van der Waals surface area contributed by atoms with Crippen LogP contribution < -0.4 is 0 Å². The molecule has 5 heteroatoms. The van der Waals surface area contributed by atoms with E-state index in [1.807, 2.05) is 0 Å². The lowest BCUT2D eigenvalue weighted by molar-refractivity contribution is -0.147. The number of halogens is 2. The van der Waals surface area contributed by atoms with E-state index in [9.17, 15) is 18.7 Å². The van der Waals surface area contributed by atoms with Crippen LogP contribution in [0.3, 0.4) is 0 Å². The molecule has 0 spiro atoms. The summed E-state index contributed by atoms with van der Waals surface area (Å²) in [6.07, 6.45) is -1.70. The van der Waals surface area contributed by atoms with Gasteiger partial charge in [-0.15, -0.1) is 0 Å². The van der Waals surface area contributed by atoms with Gasteiger partial charge in [0.25, 0.3) is 0 Å². The lowest BCUT2D eigenvalue weighted by atomic mass is 9.95. The van der Waals surface area contributed by atoms with E-state index in [0.717, 1.165) is 12.1 Å². The van der Waals surface area contributed by atoms with E-state index in [1.165, 1.54) is 6.92 Å². The molecule has 2 atom stereocenters. The number of carboxylic acid groups (broad SMARTS) is 1. The highest BCUT2D eigenvalue weighted by Crippen LogP contribution is 2.23. The topological polar surface area (TPSA) is 57.5 Å². The molecule has 0 aromatic heterocycles. The van der Waals surface area contributed by atoms with Gasteiger partial charge < -0.3 is 10.2 Å². The molecule has 15 heavy (non-hydrogen) atoms. The van der Waals surface area contributed by atoms with Crippen LogP contribution in [0.25, 0.3) is 0 Å². The molecule has 1 rings (SSSR count). The Hall–Kier alpha value is -1.49. The van der Waals surface area contributed by atoms with Crippen molar-refractivity contribution in [2.45, 2.75) is 18.9 Å². The van der Waals surface area contributed by atoms with Gasteiger partial charge in [0.1, 0.15) is 11.6 Å². The van der Waals surface area contributed by atoms with Crippen molar-refractivity contribution < 1.29 is 23.8 Å². The first-order valence-electron chi connectivity index (χ1n) is 4.29. The Balaban J connectivity index is 3.01. The molecule has 82 valence electrons. The van der Waals surface area contributed by atoms with E-state index >= 15 is 0 Å². The Kier molecular flexibility index (Phi) is 3.36. The zero-order chi connectivity index (χ0) is 11.6. The van der Waals surface area contributed by atoms with Crippen molar-refractivity contribution in [1.82, 2.24) is 0 Å². The zero-order valence-electron chi connectivity index (χ0n) is 7.95. The Morgan fingerprint density at radius 1 is 1.40 bits per heavy atom. The Morgan fingerprint density at radius 2 is 2.00 bits per heavy atom. The van der Waals surface area contributed by atoms with Crippen LogP contribution >= 0.6 is 0 Å². The number of aliphatic hydroxyl groups excluding tert-OH is 1. The minimum Gasteiger partial charge on any atom is -0.479 e. The van der Waals surface area contributed by atoms with E-state index in [1.54, 1.807) is 0 Å². The van der Waals surface area contributed by atoms with Crippen molar-refractivity contribution in [2.75, 3.05) is 0 Å². The monoisotopic (exact) mass is 216 g/mol. The summed E-state index contributed by atoms with van der Waals surface area (Å²) >= 11 is 0. The first-order valence-corrected chi connectivity index (χ1v) is 4.29. The summed E-state index contributed by atoms with van der Waals surface area (Å²) in [5, 5.41) is 17.7. The summed E-state index contributed by atoms with van der Waals surface area (Å²) in [5.74, 6) is -3.97. The van der Waals surface area contributed by atoms with Crippen LogP contribution in [0.15, 0.2) is 18.2 Å². The van der Waals surface area contributed by atoms with Gasteiger partial charge in [-0.3, -0.25) is 0 Å². The normalized spacial score (nSPS) is 14.7. The molecular formula is C10H10F2O3. The number of aliphatic hydroxyl groups is 1. The Morgan fingerprint density at radius 3 is 2.47 bits per heavy atom. The van der Waals surface area contributed by atoms with Gasteiger partial charge in [-0.2, -0.15) is 0 Å². The average Bonchev–Trinajstić information content (AvgIpc) is 2.15. The summed E-state index contributed by atoms with van der Waals surface area (Å²) < 4.78 is 25.7. The molecule has 0 aliphatic rings. The minimum absolute atomic E-state index is 0.0219. The number of carbonyl (C=O) groups is 1. The second kappa shape index (κ2) is 4.35. The van der Waals surface area contributed by atoms with Crippen molar-refractivity contribution in [3.05, 3.63) is 35.4 Å².